The summed E-state index contributed by atoms with van der Waals surface area (Å²) in [5.41, 5.74) is 13.8. The molecule has 0 aliphatic rings. The highest BCUT2D eigenvalue weighted by atomic mass is 32.1. The molecule has 0 bridgehead atoms. The van der Waals surface area contributed by atoms with E-state index in [0.29, 0.717) is 12.1 Å². The molecule has 5 aromatic rings. The Hall–Kier alpha value is -3.71. The number of nitrogens with one attached hydrogen (secondary N) is 2. The molecule has 0 amide bonds. The van der Waals surface area contributed by atoms with Crippen molar-refractivity contribution in [1.29, 1.82) is 0 Å². The predicted molar refractivity (Wildman–Crippen MR) is 124 cm³/mol. The standard InChI is InChI=1S/C23H20N6S/c1-25-19-5-4-14(16-8-17(24)11-26-10-16)7-15(19)9-22-28-20-13-27-12-18(23(20)29-22)21-3-2-6-30-21/h2-8,10-13,25H,9,24H2,1H3,(H,28,29). The summed E-state index contributed by atoms with van der Waals surface area (Å²) in [6, 6.07) is 12.4. The van der Waals surface area contributed by atoms with Gasteiger partial charge in [-0.3, -0.25) is 9.97 Å². The molecule has 0 spiro atoms. The molecular weight excluding hydrogens is 392 g/mol. The summed E-state index contributed by atoms with van der Waals surface area (Å²) in [6.45, 7) is 0. The number of imidazole rings is 1. The minimum atomic E-state index is 0.651. The van der Waals surface area contributed by atoms with Crippen LogP contribution < -0.4 is 11.1 Å². The number of rotatable bonds is 5. The second kappa shape index (κ2) is 7.61. The van der Waals surface area contributed by atoms with Crippen molar-refractivity contribution in [3.8, 4) is 21.6 Å². The van der Waals surface area contributed by atoms with Crippen LogP contribution >= 0.6 is 11.3 Å². The van der Waals surface area contributed by atoms with Crippen LogP contribution in [0.1, 0.15) is 11.4 Å². The quantitative estimate of drug-likeness (QED) is 0.379. The van der Waals surface area contributed by atoms with E-state index in [0.717, 1.165) is 44.8 Å². The van der Waals surface area contributed by atoms with Crippen LogP contribution in [0.15, 0.2) is 66.6 Å². The number of aromatic nitrogens is 4. The highest BCUT2D eigenvalue weighted by molar-refractivity contribution is 7.13. The second-order valence-electron chi connectivity index (χ2n) is 7.05. The fourth-order valence-electron chi connectivity index (χ4n) is 3.64. The molecule has 148 valence electrons. The molecule has 0 aliphatic carbocycles. The van der Waals surface area contributed by atoms with Gasteiger partial charge in [0, 0.05) is 53.8 Å². The number of anilines is 2. The maximum atomic E-state index is 5.92. The van der Waals surface area contributed by atoms with Gasteiger partial charge in [-0.15, -0.1) is 11.3 Å². The lowest BCUT2D eigenvalue weighted by molar-refractivity contribution is 1.04. The van der Waals surface area contributed by atoms with E-state index >= 15 is 0 Å². The third kappa shape index (κ3) is 3.40. The van der Waals surface area contributed by atoms with E-state index in [9.17, 15) is 0 Å². The Labute approximate surface area is 177 Å². The average Bonchev–Trinajstić information content (AvgIpc) is 3.43. The van der Waals surface area contributed by atoms with Crippen molar-refractivity contribution in [2.75, 3.05) is 18.1 Å². The Morgan fingerprint density at radius 2 is 1.93 bits per heavy atom. The molecule has 4 N–H and O–H groups in total. The summed E-state index contributed by atoms with van der Waals surface area (Å²) in [5.74, 6) is 0.898. The van der Waals surface area contributed by atoms with Gasteiger partial charge in [0.05, 0.1) is 17.4 Å². The molecule has 7 heteroatoms. The Bertz CT molecular complexity index is 1320. The van der Waals surface area contributed by atoms with E-state index in [1.54, 1.807) is 17.5 Å². The summed E-state index contributed by atoms with van der Waals surface area (Å²) < 4.78 is 0. The van der Waals surface area contributed by atoms with Crippen molar-refractivity contribution >= 4 is 33.7 Å². The molecule has 30 heavy (non-hydrogen) atoms. The number of H-pyrrole nitrogens is 1. The van der Waals surface area contributed by atoms with Gasteiger partial charge in [-0.1, -0.05) is 12.1 Å². The Kier molecular flexibility index (Phi) is 4.65. The lowest BCUT2D eigenvalue weighted by Gasteiger charge is -2.11. The predicted octanol–water partition coefficient (Wildman–Crippen LogP) is 4.96. The van der Waals surface area contributed by atoms with Crippen LogP contribution in [0.25, 0.3) is 32.6 Å². The van der Waals surface area contributed by atoms with E-state index in [1.807, 2.05) is 37.8 Å². The number of nitrogen functional groups attached to an aromatic ring is 1. The van der Waals surface area contributed by atoms with E-state index in [-0.39, 0.29) is 0 Å². The molecule has 4 heterocycles. The molecule has 0 saturated heterocycles. The zero-order valence-electron chi connectivity index (χ0n) is 16.4. The number of nitrogens with two attached hydrogens (primary N) is 1. The third-order valence-electron chi connectivity index (χ3n) is 5.06. The van der Waals surface area contributed by atoms with Crippen molar-refractivity contribution in [3.05, 3.63) is 78.0 Å². The first-order chi connectivity index (χ1) is 14.7. The molecule has 0 unspecified atom stereocenters. The van der Waals surface area contributed by atoms with Crippen LogP contribution in [0, 0.1) is 0 Å². The van der Waals surface area contributed by atoms with E-state index in [2.05, 4.69) is 49.9 Å². The summed E-state index contributed by atoms with van der Waals surface area (Å²) in [7, 11) is 1.93. The first-order valence-corrected chi connectivity index (χ1v) is 10.5. The Morgan fingerprint density at radius 3 is 2.73 bits per heavy atom. The number of pyridine rings is 2. The molecular formula is C23H20N6S. The van der Waals surface area contributed by atoms with Crippen LogP contribution in [0.3, 0.4) is 0 Å². The smallest absolute Gasteiger partial charge is 0.111 e. The van der Waals surface area contributed by atoms with E-state index in [1.165, 1.54) is 4.88 Å². The molecule has 0 aliphatic heterocycles. The molecule has 6 nitrogen and oxygen atoms in total. The van der Waals surface area contributed by atoms with Crippen LogP contribution in [-0.4, -0.2) is 27.0 Å². The highest BCUT2D eigenvalue weighted by Crippen LogP contribution is 2.31. The van der Waals surface area contributed by atoms with Crippen molar-refractivity contribution in [2.24, 2.45) is 0 Å². The van der Waals surface area contributed by atoms with E-state index < -0.39 is 0 Å². The van der Waals surface area contributed by atoms with Crippen molar-refractivity contribution in [1.82, 2.24) is 19.9 Å². The van der Waals surface area contributed by atoms with Crippen LogP contribution in [-0.2, 0) is 6.42 Å². The number of hydrogen-bond acceptors (Lipinski definition) is 6. The average molecular weight is 413 g/mol. The van der Waals surface area contributed by atoms with Gasteiger partial charge in [0.25, 0.3) is 0 Å². The monoisotopic (exact) mass is 412 g/mol. The third-order valence-corrected chi connectivity index (χ3v) is 5.96. The number of benzene rings is 1. The van der Waals surface area contributed by atoms with Crippen molar-refractivity contribution in [2.45, 2.75) is 6.42 Å². The minimum absolute atomic E-state index is 0.651. The lowest BCUT2D eigenvalue weighted by Crippen LogP contribution is -1.99. The number of nitrogens with zero attached hydrogens (tertiary/aromatic N) is 3. The van der Waals surface area contributed by atoms with Gasteiger partial charge in [0.15, 0.2) is 0 Å². The summed E-state index contributed by atoms with van der Waals surface area (Å²) >= 11 is 1.69. The van der Waals surface area contributed by atoms with Gasteiger partial charge in [-0.25, -0.2) is 4.98 Å². The van der Waals surface area contributed by atoms with Crippen LogP contribution in [0.2, 0.25) is 0 Å². The topological polar surface area (TPSA) is 92.5 Å². The Balaban J connectivity index is 1.54. The van der Waals surface area contributed by atoms with E-state index in [4.69, 9.17) is 10.7 Å². The Morgan fingerprint density at radius 1 is 1.03 bits per heavy atom. The van der Waals surface area contributed by atoms with Crippen molar-refractivity contribution < 1.29 is 0 Å². The maximum Gasteiger partial charge on any atom is 0.111 e. The van der Waals surface area contributed by atoms with Gasteiger partial charge in [0.1, 0.15) is 11.3 Å². The molecule has 5 rings (SSSR count). The summed E-state index contributed by atoms with van der Waals surface area (Å²) in [5, 5.41) is 5.35. The van der Waals surface area contributed by atoms with Crippen LogP contribution in [0.4, 0.5) is 11.4 Å². The first kappa shape index (κ1) is 18.3. The molecule has 1 aromatic carbocycles. The second-order valence-corrected chi connectivity index (χ2v) is 8.00. The number of thiophene rings is 1. The minimum Gasteiger partial charge on any atom is -0.397 e. The van der Waals surface area contributed by atoms with Gasteiger partial charge < -0.3 is 16.0 Å². The van der Waals surface area contributed by atoms with Gasteiger partial charge in [-0.2, -0.15) is 0 Å². The molecule has 0 radical (unpaired) electrons. The zero-order valence-corrected chi connectivity index (χ0v) is 17.2. The van der Waals surface area contributed by atoms with Gasteiger partial charge in [-0.05, 0) is 40.8 Å². The SMILES string of the molecule is CNc1ccc(-c2cncc(N)c2)cc1Cc1nc2c(-c3cccs3)cncc2[nH]1. The summed E-state index contributed by atoms with van der Waals surface area (Å²) in [6.07, 6.45) is 7.86. The molecule has 0 saturated carbocycles. The number of hydrogen-bond donors (Lipinski definition) is 3. The molecule has 0 atom stereocenters. The molecule has 0 fully saturated rings. The van der Waals surface area contributed by atoms with Gasteiger partial charge >= 0.3 is 0 Å². The number of fused-ring (bicyclic) bond motifs is 1. The summed E-state index contributed by atoms with van der Waals surface area (Å²) in [4.78, 5) is 18.1. The van der Waals surface area contributed by atoms with Gasteiger partial charge in [0.2, 0.25) is 0 Å². The largest absolute Gasteiger partial charge is 0.397 e. The fourth-order valence-corrected chi connectivity index (χ4v) is 4.38. The first-order valence-electron chi connectivity index (χ1n) is 9.59. The fraction of sp³-hybridized carbons (Fsp3) is 0.0870. The molecule has 4 aromatic heterocycles. The maximum absolute atomic E-state index is 5.92. The zero-order chi connectivity index (χ0) is 20.5. The highest BCUT2D eigenvalue weighted by Gasteiger charge is 2.13. The van der Waals surface area contributed by atoms with Crippen LogP contribution in [0.5, 0.6) is 0 Å². The van der Waals surface area contributed by atoms with Crippen molar-refractivity contribution in [3.63, 3.8) is 0 Å². The normalized spacial score (nSPS) is 11.1. The number of aromatic amines is 1. The lowest BCUT2D eigenvalue weighted by atomic mass is 10.0.